The quantitative estimate of drug-likeness (QED) is 0.419. The number of hydrogen-bond acceptors (Lipinski definition) is 2. The van der Waals surface area contributed by atoms with Crippen LogP contribution in [0.4, 0.5) is 0 Å². The molecular formula is C11H18ClN3. The first-order chi connectivity index (χ1) is 7.43. The predicted octanol–water partition coefficient (Wildman–Crippen LogP) is 2.05. The first-order valence-corrected chi connectivity index (χ1v) is 5.84. The Morgan fingerprint density at radius 1 is 1.33 bits per heavy atom. The van der Waals surface area contributed by atoms with E-state index in [0.29, 0.717) is 5.88 Å². The molecule has 0 atom stereocenters. The number of alkyl halides is 1. The van der Waals surface area contributed by atoms with Gasteiger partial charge in [0.1, 0.15) is 0 Å². The van der Waals surface area contributed by atoms with Crippen molar-refractivity contribution in [2.45, 2.75) is 19.4 Å². The first-order valence-electron chi connectivity index (χ1n) is 5.31. The van der Waals surface area contributed by atoms with E-state index >= 15 is 0 Å². The summed E-state index contributed by atoms with van der Waals surface area (Å²) in [6, 6.07) is 0. The third-order valence-corrected chi connectivity index (χ3v) is 2.28. The molecule has 1 N–H and O–H groups in total. The number of allylic oxidation sites excluding steroid dienone is 1. The minimum absolute atomic E-state index is 0.600. The molecule has 1 heterocycles. The average molecular weight is 228 g/mol. The summed E-state index contributed by atoms with van der Waals surface area (Å²) in [6.07, 6.45) is 12.1. The number of nitrogens with zero attached hydrogens (tertiary/aromatic N) is 2. The van der Waals surface area contributed by atoms with Crippen molar-refractivity contribution in [3.63, 3.8) is 0 Å². The molecule has 1 aromatic rings. The Kier molecular flexibility index (Phi) is 6.96. The summed E-state index contributed by atoms with van der Waals surface area (Å²) in [6.45, 7) is 3.03. The van der Waals surface area contributed by atoms with Gasteiger partial charge in [-0.2, -0.15) is 0 Å². The normalized spacial score (nSPS) is 11.3. The molecule has 1 rings (SSSR count). The van der Waals surface area contributed by atoms with Gasteiger partial charge in [0.15, 0.2) is 0 Å². The van der Waals surface area contributed by atoms with Crippen molar-refractivity contribution in [2.75, 3.05) is 19.0 Å². The second-order valence-corrected chi connectivity index (χ2v) is 3.65. The Labute approximate surface area is 96.2 Å². The zero-order valence-corrected chi connectivity index (χ0v) is 9.66. The van der Waals surface area contributed by atoms with Gasteiger partial charge >= 0.3 is 0 Å². The maximum Gasteiger partial charge on any atom is 0.0945 e. The lowest BCUT2D eigenvalue weighted by molar-refractivity contribution is 0.582. The fourth-order valence-electron chi connectivity index (χ4n) is 1.30. The van der Waals surface area contributed by atoms with Crippen LogP contribution in [0.3, 0.4) is 0 Å². The molecular weight excluding hydrogens is 210 g/mol. The lowest BCUT2D eigenvalue weighted by Gasteiger charge is -2.02. The van der Waals surface area contributed by atoms with Crippen LogP contribution in [0, 0.1) is 0 Å². The van der Waals surface area contributed by atoms with Crippen molar-refractivity contribution in [1.82, 2.24) is 14.9 Å². The highest BCUT2D eigenvalue weighted by Crippen LogP contribution is 1.93. The molecule has 15 heavy (non-hydrogen) atoms. The highest BCUT2D eigenvalue weighted by molar-refractivity contribution is 6.18. The van der Waals surface area contributed by atoms with Gasteiger partial charge in [-0.1, -0.05) is 12.2 Å². The number of nitrogens with one attached hydrogen (secondary N) is 1. The average Bonchev–Trinajstić information content (AvgIpc) is 2.75. The molecule has 0 saturated carbocycles. The van der Waals surface area contributed by atoms with E-state index in [4.69, 9.17) is 11.6 Å². The predicted molar refractivity (Wildman–Crippen MR) is 64.2 cm³/mol. The molecule has 0 unspecified atom stereocenters. The number of halogens is 1. The van der Waals surface area contributed by atoms with Crippen LogP contribution in [-0.4, -0.2) is 28.5 Å². The third-order valence-electron chi connectivity index (χ3n) is 2.10. The molecule has 0 bridgehead atoms. The molecule has 0 aliphatic rings. The number of imidazole rings is 1. The number of aromatic nitrogens is 2. The van der Waals surface area contributed by atoms with Crippen LogP contribution in [0.5, 0.6) is 0 Å². The molecule has 3 nitrogen and oxygen atoms in total. The topological polar surface area (TPSA) is 29.9 Å². The Morgan fingerprint density at radius 2 is 2.27 bits per heavy atom. The van der Waals surface area contributed by atoms with Crippen molar-refractivity contribution in [2.24, 2.45) is 0 Å². The largest absolute Gasteiger partial charge is 0.337 e. The Balaban J connectivity index is 1.87. The summed E-state index contributed by atoms with van der Waals surface area (Å²) < 4.78 is 2.10. The SMILES string of the molecule is ClC/C=C/CNCCCCn1ccnc1. The van der Waals surface area contributed by atoms with Crippen LogP contribution in [0.15, 0.2) is 30.9 Å². The molecule has 0 saturated heterocycles. The van der Waals surface area contributed by atoms with Crippen molar-refractivity contribution in [3.05, 3.63) is 30.9 Å². The molecule has 1 aromatic heterocycles. The van der Waals surface area contributed by atoms with E-state index in [0.717, 1.165) is 19.6 Å². The van der Waals surface area contributed by atoms with Gasteiger partial charge in [0.25, 0.3) is 0 Å². The Hall–Kier alpha value is -0.800. The van der Waals surface area contributed by atoms with Crippen LogP contribution in [0.2, 0.25) is 0 Å². The van der Waals surface area contributed by atoms with Gasteiger partial charge in [0.05, 0.1) is 6.33 Å². The van der Waals surface area contributed by atoms with E-state index in [2.05, 4.69) is 20.9 Å². The van der Waals surface area contributed by atoms with Crippen LogP contribution in [0.25, 0.3) is 0 Å². The van der Waals surface area contributed by atoms with E-state index in [1.165, 1.54) is 12.8 Å². The van der Waals surface area contributed by atoms with E-state index < -0.39 is 0 Å². The standard InChI is InChI=1S/C11H18ClN3/c12-5-1-2-6-13-7-3-4-9-15-10-8-14-11-15/h1-2,8,10-11,13H,3-7,9H2/b2-1+. The number of aryl methyl sites for hydroxylation is 1. The van der Waals surface area contributed by atoms with Crippen LogP contribution in [-0.2, 0) is 6.54 Å². The number of hydrogen-bond donors (Lipinski definition) is 1. The molecule has 84 valence electrons. The van der Waals surface area contributed by atoms with E-state index in [-0.39, 0.29) is 0 Å². The molecule has 0 aliphatic carbocycles. The first kappa shape index (κ1) is 12.3. The molecule has 0 fully saturated rings. The van der Waals surface area contributed by atoms with E-state index in [1.54, 1.807) is 0 Å². The Morgan fingerprint density at radius 3 is 3.00 bits per heavy atom. The maximum absolute atomic E-state index is 5.50. The third kappa shape index (κ3) is 6.31. The van der Waals surface area contributed by atoms with Gasteiger partial charge in [-0.25, -0.2) is 4.98 Å². The Bertz CT molecular complexity index is 257. The van der Waals surface area contributed by atoms with Gasteiger partial charge in [0.2, 0.25) is 0 Å². The molecule has 0 radical (unpaired) electrons. The van der Waals surface area contributed by atoms with E-state index in [1.807, 2.05) is 24.8 Å². The van der Waals surface area contributed by atoms with Gasteiger partial charge in [-0.3, -0.25) is 0 Å². The van der Waals surface area contributed by atoms with Crippen molar-refractivity contribution >= 4 is 11.6 Å². The van der Waals surface area contributed by atoms with Gasteiger partial charge < -0.3 is 9.88 Å². The van der Waals surface area contributed by atoms with Crippen molar-refractivity contribution in [1.29, 1.82) is 0 Å². The fraction of sp³-hybridized carbons (Fsp3) is 0.545. The summed E-state index contributed by atoms with van der Waals surface area (Å²) >= 11 is 5.50. The lowest BCUT2D eigenvalue weighted by Crippen LogP contribution is -2.15. The van der Waals surface area contributed by atoms with Crippen LogP contribution in [0.1, 0.15) is 12.8 Å². The molecule has 0 aromatic carbocycles. The smallest absolute Gasteiger partial charge is 0.0945 e. The van der Waals surface area contributed by atoms with Crippen molar-refractivity contribution in [3.8, 4) is 0 Å². The highest BCUT2D eigenvalue weighted by atomic mass is 35.5. The van der Waals surface area contributed by atoms with Crippen molar-refractivity contribution < 1.29 is 0 Å². The zero-order chi connectivity index (χ0) is 10.8. The summed E-state index contributed by atoms with van der Waals surface area (Å²) in [7, 11) is 0. The molecule has 0 amide bonds. The number of rotatable bonds is 8. The minimum Gasteiger partial charge on any atom is -0.337 e. The van der Waals surface area contributed by atoms with Gasteiger partial charge in [-0.15, -0.1) is 11.6 Å². The zero-order valence-electron chi connectivity index (χ0n) is 8.90. The van der Waals surface area contributed by atoms with Gasteiger partial charge in [-0.05, 0) is 19.4 Å². The van der Waals surface area contributed by atoms with Crippen LogP contribution >= 0.6 is 11.6 Å². The molecule has 0 spiro atoms. The fourth-order valence-corrected chi connectivity index (χ4v) is 1.42. The summed E-state index contributed by atoms with van der Waals surface area (Å²) in [5.41, 5.74) is 0. The summed E-state index contributed by atoms with van der Waals surface area (Å²) in [5.74, 6) is 0.600. The summed E-state index contributed by atoms with van der Waals surface area (Å²) in [4.78, 5) is 4.00. The lowest BCUT2D eigenvalue weighted by atomic mass is 10.3. The second-order valence-electron chi connectivity index (χ2n) is 3.34. The van der Waals surface area contributed by atoms with Gasteiger partial charge in [0, 0.05) is 31.4 Å². The maximum atomic E-state index is 5.50. The van der Waals surface area contributed by atoms with E-state index in [9.17, 15) is 0 Å². The van der Waals surface area contributed by atoms with Crippen LogP contribution < -0.4 is 5.32 Å². The highest BCUT2D eigenvalue weighted by Gasteiger charge is 1.90. The molecule has 4 heteroatoms. The summed E-state index contributed by atoms with van der Waals surface area (Å²) in [5, 5.41) is 3.33. The minimum atomic E-state index is 0.600. The number of unbranched alkanes of at least 4 members (excludes halogenated alkanes) is 1. The second kappa shape index (κ2) is 8.50. The monoisotopic (exact) mass is 227 g/mol. The molecule has 0 aliphatic heterocycles.